The number of amides is 11. The van der Waals surface area contributed by atoms with Gasteiger partial charge in [0.05, 0.1) is 118 Å². The van der Waals surface area contributed by atoms with Crippen molar-refractivity contribution in [1.82, 2.24) is 79.4 Å². The van der Waals surface area contributed by atoms with Crippen molar-refractivity contribution in [2.45, 2.75) is 168 Å². The number of rotatable bonds is 55. The zero-order valence-corrected chi connectivity index (χ0v) is 73.0. The summed E-state index contributed by atoms with van der Waals surface area (Å²) in [7, 11) is -8.77. The van der Waals surface area contributed by atoms with E-state index in [0.29, 0.717) is 42.8 Å². The van der Waals surface area contributed by atoms with Gasteiger partial charge in [0.2, 0.25) is 53.2 Å². The molecule has 7 rings (SSSR count). The van der Waals surface area contributed by atoms with Crippen LogP contribution in [0.25, 0.3) is 11.4 Å². The second-order valence-electron chi connectivity index (χ2n) is 30.9. The molecule has 17 N–H and O–H groups in total. The van der Waals surface area contributed by atoms with E-state index >= 15 is 0 Å². The number of para-hydroxylation sites is 1. The Labute approximate surface area is 723 Å². The molecule has 0 aromatic heterocycles. The molecule has 0 fully saturated rings. The molecule has 3 heterocycles. The molecule has 0 spiro atoms. The average molecular weight is 1780 g/mol. The van der Waals surface area contributed by atoms with E-state index in [1.54, 1.807) is 61.9 Å². The molecule has 41 nitrogen and oxygen atoms in total. The summed E-state index contributed by atoms with van der Waals surface area (Å²) in [5.41, 5.74) is 26.0. The van der Waals surface area contributed by atoms with E-state index in [9.17, 15) is 69.6 Å². The SMILES string of the molecule is CC(C)C(=O)OCc1ccc(NC(=O)[C@H](CCCNC(N)=O)NC(=O)[C@@H](NC(=O)[C@@H](CCCCNC(=O)COC2CCCCCC3=C2NNN3CCN(CC(=O)NCCS(=O)(=O)O)CC(=O)NCCS(=O)(=O)O)NC(=O)CCOCCOCCOCCOCCNC(=O)CCC(=O)N2Cc3ccccc3C3=C(NNN3C(C)C)c3ccccc32)C(C)C)cc1. The number of benzene rings is 3. The van der Waals surface area contributed by atoms with Crippen molar-refractivity contribution in [3.8, 4) is 0 Å². The standard InChI is InChI=1S/C81H124N18O23S2/c1-54(2)73(79(108)90-63(21-16-33-87-81(82)110)77(106)88-59-27-25-57(26-28-59)52-122-80(109)55(3)4)91-78(107)62(20-14-15-32-83-71(104)53-121-66-24-9-7-8-23-65-75(66)93-94-98(65)38-37-96(50-69(102)85-35-47-123(111,112)113)51-70(103)86-36-48-124(114,115)116)89-68(101)31-39-117-41-43-119-45-46-120-44-42-118-40-34-84-67(100)29-30-72(105)97-49-58-17-10-11-18-60(58)76-74(92-95-99(76)56(5)6)61-19-12-13-22-64(61)97/h10-13,17-19,22,25-28,54-56,62-63,66,73,92-95H,7-9,14-16,20-21,23-24,29-53H2,1-6H3,(H,83,104)(H,84,100)(H,85,102)(H,86,103)(H,88,106)(H,89,101)(H,90,108)(H,91,107)(H3,82,87,110)(H,111,112,113)(H,114,115,116)/t62-,63+,66?,73+/m1/s1. The van der Waals surface area contributed by atoms with E-state index < -0.39 is 135 Å². The normalized spacial score (nSPS) is 15.3. The van der Waals surface area contributed by atoms with E-state index in [4.69, 9.17) is 43.3 Å². The zero-order valence-electron chi connectivity index (χ0n) is 71.4. The summed E-state index contributed by atoms with van der Waals surface area (Å²) in [4.78, 5) is 149. The topological polar surface area (TPSA) is 547 Å². The molecule has 124 heavy (non-hydrogen) atoms. The van der Waals surface area contributed by atoms with Crippen LogP contribution in [-0.2, 0) is 110 Å². The molecule has 688 valence electrons. The fraction of sp³-hybridized carbons (Fsp3) is 0.593. The Kier molecular flexibility index (Phi) is 42.8. The van der Waals surface area contributed by atoms with Crippen molar-refractivity contribution in [3.63, 3.8) is 0 Å². The summed E-state index contributed by atoms with van der Waals surface area (Å²) in [6.45, 7) is 11.4. The molecule has 4 aliphatic rings. The predicted molar refractivity (Wildman–Crippen MR) is 456 cm³/mol. The quantitative estimate of drug-likeness (QED) is 0.0211. The molecular weight excluding hydrogens is 1660 g/mol. The Balaban J connectivity index is 0.862. The number of primary amides is 1. The highest BCUT2D eigenvalue weighted by Gasteiger charge is 2.37. The minimum Gasteiger partial charge on any atom is -0.461 e. The first-order valence-corrected chi connectivity index (χ1v) is 45.1. The summed E-state index contributed by atoms with van der Waals surface area (Å²) in [5, 5.41) is 27.8. The number of hydrogen-bond donors (Lipinski definition) is 16. The maximum atomic E-state index is 14.5. The molecule has 4 atom stereocenters. The van der Waals surface area contributed by atoms with Crippen LogP contribution in [0.5, 0.6) is 0 Å². The monoisotopic (exact) mass is 1780 g/mol. The van der Waals surface area contributed by atoms with Crippen LogP contribution in [0.3, 0.4) is 0 Å². The minimum absolute atomic E-state index is 0.00547. The lowest BCUT2D eigenvalue weighted by Crippen LogP contribution is -2.57. The van der Waals surface area contributed by atoms with E-state index in [1.807, 2.05) is 42.5 Å². The Morgan fingerprint density at radius 1 is 0.581 bits per heavy atom. The van der Waals surface area contributed by atoms with Gasteiger partial charge in [-0.3, -0.25) is 72.0 Å². The third kappa shape index (κ3) is 36.2. The Morgan fingerprint density at radius 3 is 1.83 bits per heavy atom. The van der Waals surface area contributed by atoms with Crippen molar-refractivity contribution in [3.05, 3.63) is 106 Å². The van der Waals surface area contributed by atoms with Gasteiger partial charge in [0.1, 0.15) is 37.4 Å². The average Bonchev–Trinajstić information content (AvgIpc) is 1.55. The van der Waals surface area contributed by atoms with E-state index in [-0.39, 0.29) is 173 Å². The Hall–Kier alpha value is -10.2. The van der Waals surface area contributed by atoms with Gasteiger partial charge in [-0.05, 0) is 100 Å². The van der Waals surface area contributed by atoms with E-state index in [0.717, 1.165) is 58.7 Å². The van der Waals surface area contributed by atoms with Crippen LogP contribution >= 0.6 is 0 Å². The number of anilines is 2. The van der Waals surface area contributed by atoms with E-state index in [2.05, 4.69) is 94.7 Å². The first-order valence-electron chi connectivity index (χ1n) is 41.9. The fourth-order valence-electron chi connectivity index (χ4n) is 13.5. The van der Waals surface area contributed by atoms with Gasteiger partial charge < -0.3 is 97.8 Å². The molecule has 3 aromatic rings. The molecule has 1 unspecified atom stereocenters. The zero-order chi connectivity index (χ0) is 90.1. The Bertz CT molecular complexity index is 4300. The number of nitrogens with zero attached hydrogens (tertiary/aromatic N) is 4. The number of nitrogens with one attached hydrogen (secondary N) is 13. The second kappa shape index (κ2) is 52.6. The summed E-state index contributed by atoms with van der Waals surface area (Å²) in [5.74, 6) is -7.64. The Morgan fingerprint density at radius 2 is 1.19 bits per heavy atom. The summed E-state index contributed by atoms with van der Waals surface area (Å²) >= 11 is 0. The lowest BCUT2D eigenvalue weighted by atomic mass is 9.95. The number of unbranched alkanes of at least 4 members (excludes halogenated alkanes) is 1. The highest BCUT2D eigenvalue weighted by molar-refractivity contribution is 7.86. The molecule has 0 saturated carbocycles. The van der Waals surface area contributed by atoms with Crippen LogP contribution in [-0.4, -0.2) is 266 Å². The number of carbonyl (C=O) groups is 11. The summed E-state index contributed by atoms with van der Waals surface area (Å²) in [6, 6.07) is 17.9. The number of ether oxygens (including phenoxy) is 6. The molecule has 3 aromatic carbocycles. The first kappa shape index (κ1) is 101. The van der Waals surface area contributed by atoms with Crippen LogP contribution in [0.4, 0.5) is 16.2 Å². The summed E-state index contributed by atoms with van der Waals surface area (Å²) in [6.07, 6.45) is 3.59. The van der Waals surface area contributed by atoms with Crippen LogP contribution in [0.1, 0.15) is 147 Å². The van der Waals surface area contributed by atoms with Crippen molar-refractivity contribution in [2.75, 3.05) is 140 Å². The number of nitrogens with two attached hydrogens (primary N) is 1. The van der Waals surface area contributed by atoms with Gasteiger partial charge in [0.15, 0.2) is 0 Å². The van der Waals surface area contributed by atoms with Gasteiger partial charge in [0.25, 0.3) is 20.2 Å². The van der Waals surface area contributed by atoms with Gasteiger partial charge in [-0.1, -0.05) is 95.1 Å². The van der Waals surface area contributed by atoms with Crippen molar-refractivity contribution in [2.24, 2.45) is 17.6 Å². The van der Waals surface area contributed by atoms with Crippen molar-refractivity contribution >= 4 is 108 Å². The fourth-order valence-corrected chi connectivity index (χ4v) is 14.2. The van der Waals surface area contributed by atoms with Crippen LogP contribution in [0, 0.1) is 11.8 Å². The number of carbonyl (C=O) groups excluding carboxylic acids is 11. The van der Waals surface area contributed by atoms with Crippen LogP contribution in [0.15, 0.2) is 84.2 Å². The van der Waals surface area contributed by atoms with E-state index in [1.165, 1.54) is 4.90 Å². The molecule has 1 aliphatic carbocycles. The van der Waals surface area contributed by atoms with Crippen LogP contribution in [0.2, 0.25) is 0 Å². The summed E-state index contributed by atoms with van der Waals surface area (Å²) < 4.78 is 97.4. The smallest absolute Gasteiger partial charge is 0.312 e. The number of urea groups is 1. The molecule has 43 heteroatoms. The number of fused-ring (bicyclic) bond motifs is 4. The van der Waals surface area contributed by atoms with Gasteiger partial charge in [-0.2, -0.15) is 16.8 Å². The van der Waals surface area contributed by atoms with Crippen molar-refractivity contribution < 1.29 is 107 Å². The molecule has 3 aliphatic heterocycles. The molecule has 0 bridgehead atoms. The highest BCUT2D eigenvalue weighted by atomic mass is 32.2. The number of allylic oxidation sites excluding steroid dienone is 1. The number of hydrogen-bond acceptors (Lipinski definition) is 28. The number of esters is 1. The highest BCUT2D eigenvalue weighted by Crippen LogP contribution is 2.40. The largest absolute Gasteiger partial charge is 0.461 e. The van der Waals surface area contributed by atoms with Gasteiger partial charge >= 0.3 is 12.0 Å². The molecular formula is C81H124N18O23S2. The lowest BCUT2D eigenvalue weighted by molar-refractivity contribution is -0.148. The predicted octanol–water partition coefficient (Wildman–Crippen LogP) is 0.824. The number of hydrazine groups is 4. The maximum Gasteiger partial charge on any atom is 0.312 e. The second-order valence-corrected chi connectivity index (χ2v) is 34.0. The lowest BCUT2D eigenvalue weighted by Gasteiger charge is -2.31. The van der Waals surface area contributed by atoms with Crippen LogP contribution < -0.4 is 80.4 Å². The molecule has 0 radical (unpaired) electrons. The minimum atomic E-state index is -4.39. The van der Waals surface area contributed by atoms with Gasteiger partial charge in [-0.15, -0.1) is 11.1 Å². The first-order chi connectivity index (χ1) is 59.2. The third-order valence-corrected chi connectivity index (χ3v) is 21.5. The van der Waals surface area contributed by atoms with Gasteiger partial charge in [0, 0.05) is 87.9 Å². The third-order valence-electron chi connectivity index (χ3n) is 20.0. The molecule has 11 amide bonds. The van der Waals surface area contributed by atoms with Gasteiger partial charge in [-0.25, -0.2) is 4.79 Å². The van der Waals surface area contributed by atoms with Crippen molar-refractivity contribution in [1.29, 1.82) is 0 Å². The molecule has 0 saturated heterocycles. The maximum absolute atomic E-state index is 14.5.